The summed E-state index contributed by atoms with van der Waals surface area (Å²) < 4.78 is 5.04. The largest absolute Gasteiger partial charge is 0.361 e. The van der Waals surface area contributed by atoms with Crippen molar-refractivity contribution in [3.8, 4) is 0 Å². The fourth-order valence-electron chi connectivity index (χ4n) is 2.14. The van der Waals surface area contributed by atoms with E-state index in [1.54, 1.807) is 0 Å². The predicted octanol–water partition coefficient (Wildman–Crippen LogP) is 2.16. The molecule has 0 radical (unpaired) electrons. The van der Waals surface area contributed by atoms with Crippen molar-refractivity contribution < 1.29 is 9.32 Å². The third-order valence-corrected chi connectivity index (χ3v) is 3.30. The zero-order chi connectivity index (χ0) is 11.7. The van der Waals surface area contributed by atoms with Crippen LogP contribution in [0, 0.1) is 19.8 Å². The van der Waals surface area contributed by atoms with Crippen LogP contribution in [-0.4, -0.2) is 29.1 Å². The van der Waals surface area contributed by atoms with Gasteiger partial charge in [-0.15, -0.1) is 0 Å². The number of amides is 1. The summed E-state index contributed by atoms with van der Waals surface area (Å²) in [5, 5.41) is 3.85. The molecule has 4 heteroatoms. The Bertz CT molecular complexity index is 398. The third-order valence-electron chi connectivity index (χ3n) is 3.30. The molecular weight excluding hydrogens is 204 g/mol. The van der Waals surface area contributed by atoms with E-state index in [2.05, 4.69) is 12.1 Å². The van der Waals surface area contributed by atoms with Crippen molar-refractivity contribution in [2.45, 2.75) is 33.6 Å². The first-order valence-corrected chi connectivity index (χ1v) is 5.81. The molecule has 0 N–H and O–H groups in total. The minimum Gasteiger partial charge on any atom is -0.361 e. The van der Waals surface area contributed by atoms with Crippen LogP contribution < -0.4 is 0 Å². The highest BCUT2D eigenvalue weighted by atomic mass is 16.5. The zero-order valence-electron chi connectivity index (χ0n) is 10.1. The smallest absolute Gasteiger partial charge is 0.276 e. The van der Waals surface area contributed by atoms with Crippen LogP contribution in [0.3, 0.4) is 0 Å². The lowest BCUT2D eigenvalue weighted by molar-refractivity contribution is 0.0672. The Kier molecular flexibility index (Phi) is 2.99. The highest BCUT2D eigenvalue weighted by molar-refractivity contribution is 5.93. The lowest BCUT2D eigenvalue weighted by Crippen LogP contribution is -2.39. The molecule has 1 aliphatic heterocycles. The average Bonchev–Trinajstić information content (AvgIpc) is 2.59. The van der Waals surface area contributed by atoms with Crippen molar-refractivity contribution in [3.63, 3.8) is 0 Å². The maximum Gasteiger partial charge on any atom is 0.276 e. The summed E-state index contributed by atoms with van der Waals surface area (Å²) >= 11 is 0. The van der Waals surface area contributed by atoms with E-state index in [0.29, 0.717) is 11.6 Å². The van der Waals surface area contributed by atoms with Crippen LogP contribution in [0.5, 0.6) is 0 Å². The van der Waals surface area contributed by atoms with Crippen LogP contribution in [0.1, 0.15) is 41.6 Å². The first-order chi connectivity index (χ1) is 7.59. The number of carbonyl (C=O) groups is 1. The Morgan fingerprint density at radius 1 is 1.50 bits per heavy atom. The van der Waals surface area contributed by atoms with Crippen molar-refractivity contribution in [1.82, 2.24) is 10.1 Å². The first kappa shape index (κ1) is 11.2. The van der Waals surface area contributed by atoms with Gasteiger partial charge in [0.25, 0.3) is 5.91 Å². The van der Waals surface area contributed by atoms with Crippen LogP contribution in [0.15, 0.2) is 4.52 Å². The van der Waals surface area contributed by atoms with E-state index in [9.17, 15) is 4.79 Å². The van der Waals surface area contributed by atoms with Crippen molar-refractivity contribution in [2.75, 3.05) is 13.1 Å². The number of likely N-dealkylation sites (tertiary alicyclic amines) is 1. The predicted molar refractivity (Wildman–Crippen MR) is 60.3 cm³/mol. The quantitative estimate of drug-likeness (QED) is 0.731. The van der Waals surface area contributed by atoms with Gasteiger partial charge in [-0.25, -0.2) is 0 Å². The van der Waals surface area contributed by atoms with Gasteiger partial charge in [-0.3, -0.25) is 4.79 Å². The Hall–Kier alpha value is -1.32. The standard InChI is InChI=1S/C12H18N2O2/c1-8-5-4-6-14(7-8)12(15)11-9(2)10(3)16-13-11/h8H,4-7H2,1-3H3. The molecular formula is C12H18N2O2. The number of hydrogen-bond donors (Lipinski definition) is 0. The molecule has 2 heterocycles. The van der Waals surface area contributed by atoms with Crippen LogP contribution >= 0.6 is 0 Å². The second kappa shape index (κ2) is 4.28. The third kappa shape index (κ3) is 1.96. The van der Waals surface area contributed by atoms with Crippen molar-refractivity contribution in [1.29, 1.82) is 0 Å². The molecule has 4 nitrogen and oxygen atoms in total. The lowest BCUT2D eigenvalue weighted by Gasteiger charge is -2.30. The van der Waals surface area contributed by atoms with E-state index in [1.807, 2.05) is 18.7 Å². The van der Waals surface area contributed by atoms with Crippen LogP contribution in [0.2, 0.25) is 0 Å². The number of aromatic nitrogens is 1. The van der Waals surface area contributed by atoms with Gasteiger partial charge >= 0.3 is 0 Å². The summed E-state index contributed by atoms with van der Waals surface area (Å²) in [4.78, 5) is 14.1. The summed E-state index contributed by atoms with van der Waals surface area (Å²) in [7, 11) is 0. The molecule has 1 aromatic rings. The zero-order valence-corrected chi connectivity index (χ0v) is 10.1. The normalized spacial score (nSPS) is 21.2. The molecule has 16 heavy (non-hydrogen) atoms. The lowest BCUT2D eigenvalue weighted by atomic mass is 10.00. The number of aryl methyl sites for hydroxylation is 1. The molecule has 1 aromatic heterocycles. The number of hydrogen-bond acceptors (Lipinski definition) is 3. The first-order valence-electron chi connectivity index (χ1n) is 5.81. The van der Waals surface area contributed by atoms with Gasteiger partial charge in [0.2, 0.25) is 0 Å². The highest BCUT2D eigenvalue weighted by Gasteiger charge is 2.26. The molecule has 0 saturated carbocycles. The SMILES string of the molecule is Cc1onc(C(=O)N2CCCC(C)C2)c1C. The number of carbonyl (C=O) groups excluding carboxylic acids is 1. The van der Waals surface area contributed by atoms with Gasteiger partial charge in [0, 0.05) is 18.7 Å². The fourth-order valence-corrected chi connectivity index (χ4v) is 2.14. The summed E-state index contributed by atoms with van der Waals surface area (Å²) in [6.45, 7) is 7.57. The second-order valence-electron chi connectivity index (χ2n) is 4.71. The van der Waals surface area contributed by atoms with Crippen molar-refractivity contribution in [2.24, 2.45) is 5.92 Å². The monoisotopic (exact) mass is 222 g/mol. The van der Waals surface area contributed by atoms with E-state index in [1.165, 1.54) is 6.42 Å². The molecule has 0 aliphatic carbocycles. The Balaban J connectivity index is 2.15. The van der Waals surface area contributed by atoms with Gasteiger partial charge in [0.15, 0.2) is 5.69 Å². The van der Waals surface area contributed by atoms with Crippen LogP contribution in [-0.2, 0) is 0 Å². The van der Waals surface area contributed by atoms with Gasteiger partial charge in [-0.2, -0.15) is 0 Å². The Morgan fingerprint density at radius 2 is 2.25 bits per heavy atom. The van der Waals surface area contributed by atoms with E-state index in [0.717, 1.165) is 30.8 Å². The van der Waals surface area contributed by atoms with E-state index in [-0.39, 0.29) is 5.91 Å². The molecule has 1 fully saturated rings. The van der Waals surface area contributed by atoms with Crippen LogP contribution in [0.25, 0.3) is 0 Å². The maximum atomic E-state index is 12.2. The minimum atomic E-state index is 0.0147. The Morgan fingerprint density at radius 3 is 2.81 bits per heavy atom. The molecule has 1 aliphatic rings. The molecule has 1 unspecified atom stereocenters. The number of piperidine rings is 1. The molecule has 0 bridgehead atoms. The molecule has 0 spiro atoms. The van der Waals surface area contributed by atoms with E-state index < -0.39 is 0 Å². The summed E-state index contributed by atoms with van der Waals surface area (Å²) in [5.41, 5.74) is 1.34. The van der Waals surface area contributed by atoms with Gasteiger partial charge < -0.3 is 9.42 Å². The minimum absolute atomic E-state index is 0.0147. The molecule has 88 valence electrons. The topological polar surface area (TPSA) is 46.3 Å². The summed E-state index contributed by atoms with van der Waals surface area (Å²) in [5.74, 6) is 1.33. The van der Waals surface area contributed by atoms with E-state index in [4.69, 9.17) is 4.52 Å². The maximum absolute atomic E-state index is 12.2. The van der Waals surface area contributed by atoms with E-state index >= 15 is 0 Å². The highest BCUT2D eigenvalue weighted by Crippen LogP contribution is 2.19. The second-order valence-corrected chi connectivity index (χ2v) is 4.71. The fraction of sp³-hybridized carbons (Fsp3) is 0.667. The molecule has 1 amide bonds. The molecule has 1 atom stereocenters. The summed E-state index contributed by atoms with van der Waals surface area (Å²) in [6, 6.07) is 0. The van der Waals surface area contributed by atoms with Crippen molar-refractivity contribution in [3.05, 3.63) is 17.0 Å². The molecule has 2 rings (SSSR count). The van der Waals surface area contributed by atoms with Gasteiger partial charge in [0.05, 0.1) is 0 Å². The van der Waals surface area contributed by atoms with Gasteiger partial charge in [-0.05, 0) is 32.6 Å². The average molecular weight is 222 g/mol. The van der Waals surface area contributed by atoms with Crippen LogP contribution in [0.4, 0.5) is 0 Å². The number of rotatable bonds is 1. The van der Waals surface area contributed by atoms with Crippen molar-refractivity contribution >= 4 is 5.91 Å². The number of nitrogens with zero attached hydrogens (tertiary/aromatic N) is 2. The Labute approximate surface area is 95.6 Å². The molecule has 1 saturated heterocycles. The van der Waals surface area contributed by atoms with Gasteiger partial charge in [-0.1, -0.05) is 12.1 Å². The summed E-state index contributed by atoms with van der Waals surface area (Å²) in [6.07, 6.45) is 2.30. The molecule has 0 aromatic carbocycles. The van der Waals surface area contributed by atoms with Gasteiger partial charge in [0.1, 0.15) is 5.76 Å².